The van der Waals surface area contributed by atoms with Gasteiger partial charge in [0, 0.05) is 19.3 Å². The van der Waals surface area contributed by atoms with Crippen LogP contribution in [0.25, 0.3) is 0 Å². The highest BCUT2D eigenvalue weighted by molar-refractivity contribution is 5.71. The molecule has 0 aliphatic heterocycles. The first kappa shape index (κ1) is 78.3. The average molecular weight is 1140 g/mol. The minimum atomic E-state index is -0.789. The molecule has 0 aromatic rings. The lowest BCUT2D eigenvalue weighted by atomic mass is 10.0. The van der Waals surface area contributed by atoms with E-state index >= 15 is 0 Å². The van der Waals surface area contributed by atoms with Crippen molar-refractivity contribution in [2.45, 2.75) is 354 Å². The van der Waals surface area contributed by atoms with Crippen LogP contribution >= 0.6 is 0 Å². The van der Waals surface area contributed by atoms with Crippen molar-refractivity contribution in [3.05, 3.63) is 97.2 Å². The van der Waals surface area contributed by atoms with Gasteiger partial charge >= 0.3 is 17.9 Å². The molecule has 472 valence electrons. The van der Waals surface area contributed by atoms with Gasteiger partial charge in [0.2, 0.25) is 0 Å². The second-order valence-corrected chi connectivity index (χ2v) is 23.4. The van der Waals surface area contributed by atoms with Gasteiger partial charge in [-0.1, -0.05) is 330 Å². The largest absolute Gasteiger partial charge is 0.462 e. The minimum absolute atomic E-state index is 0.0825. The molecule has 0 bridgehead atoms. The van der Waals surface area contributed by atoms with Gasteiger partial charge in [-0.3, -0.25) is 14.4 Å². The summed E-state index contributed by atoms with van der Waals surface area (Å²) in [4.78, 5) is 38.4. The Labute approximate surface area is 508 Å². The van der Waals surface area contributed by atoms with Gasteiger partial charge in [-0.25, -0.2) is 0 Å². The third kappa shape index (κ3) is 67.1. The molecule has 6 nitrogen and oxygen atoms in total. The average Bonchev–Trinajstić information content (AvgIpc) is 3.48. The molecule has 1 unspecified atom stereocenters. The fraction of sp³-hybridized carbons (Fsp3) is 0.750. The Hall–Kier alpha value is -3.67. The summed E-state index contributed by atoms with van der Waals surface area (Å²) in [5.74, 6) is -0.887. The molecule has 0 amide bonds. The molecule has 0 N–H and O–H groups in total. The van der Waals surface area contributed by atoms with Crippen LogP contribution in [0.2, 0.25) is 0 Å². The number of hydrogen-bond acceptors (Lipinski definition) is 6. The van der Waals surface area contributed by atoms with Crippen LogP contribution in [-0.2, 0) is 28.6 Å². The highest BCUT2D eigenvalue weighted by Gasteiger charge is 2.19. The van der Waals surface area contributed by atoms with Crippen molar-refractivity contribution in [1.82, 2.24) is 0 Å². The van der Waals surface area contributed by atoms with E-state index in [1.54, 1.807) is 0 Å². The maximum Gasteiger partial charge on any atom is 0.306 e. The van der Waals surface area contributed by atoms with Gasteiger partial charge in [-0.05, 0) is 96.3 Å². The highest BCUT2D eigenvalue weighted by Crippen LogP contribution is 2.18. The van der Waals surface area contributed by atoms with Gasteiger partial charge in [-0.15, -0.1) is 0 Å². The van der Waals surface area contributed by atoms with Crippen LogP contribution in [0.3, 0.4) is 0 Å². The number of rotatable bonds is 64. The lowest BCUT2D eigenvalue weighted by Gasteiger charge is -2.18. The van der Waals surface area contributed by atoms with Crippen LogP contribution in [0.5, 0.6) is 0 Å². The van der Waals surface area contributed by atoms with Crippen LogP contribution in [0.1, 0.15) is 348 Å². The Balaban J connectivity index is 4.24. The molecule has 1 atom stereocenters. The summed E-state index contributed by atoms with van der Waals surface area (Å²) in [6, 6.07) is 0. The molecule has 0 aromatic carbocycles. The SMILES string of the molecule is CC/C=C\C/C=C\C/C=C\C/C=C\CCCCCCCCCCCCCCCCCCCCC(=O)OCC(COC(=O)CCCCCCCCCCCCCCCCCC)OC(=O)CCCCCC/C=C\C/C=C\C/C=C\C/C=C\CC. The number of esters is 3. The third-order valence-corrected chi connectivity index (χ3v) is 15.3. The van der Waals surface area contributed by atoms with E-state index < -0.39 is 6.10 Å². The number of ether oxygens (including phenoxy) is 3. The summed E-state index contributed by atoms with van der Waals surface area (Å²) in [5.41, 5.74) is 0. The Morgan fingerprint density at radius 1 is 0.256 bits per heavy atom. The zero-order chi connectivity index (χ0) is 59.2. The smallest absolute Gasteiger partial charge is 0.306 e. The van der Waals surface area contributed by atoms with Crippen molar-refractivity contribution in [3.63, 3.8) is 0 Å². The zero-order valence-electron chi connectivity index (χ0n) is 54.2. The molecule has 0 fully saturated rings. The van der Waals surface area contributed by atoms with E-state index in [0.717, 1.165) is 122 Å². The zero-order valence-corrected chi connectivity index (χ0v) is 54.2. The van der Waals surface area contributed by atoms with Crippen molar-refractivity contribution in [2.75, 3.05) is 13.2 Å². The second-order valence-electron chi connectivity index (χ2n) is 23.4. The minimum Gasteiger partial charge on any atom is -0.462 e. The number of carbonyl (C=O) groups is 3. The Morgan fingerprint density at radius 2 is 0.476 bits per heavy atom. The van der Waals surface area contributed by atoms with Gasteiger partial charge < -0.3 is 14.2 Å². The van der Waals surface area contributed by atoms with Gasteiger partial charge in [-0.2, -0.15) is 0 Å². The van der Waals surface area contributed by atoms with Crippen molar-refractivity contribution in [3.8, 4) is 0 Å². The normalized spacial score (nSPS) is 12.7. The van der Waals surface area contributed by atoms with E-state index in [4.69, 9.17) is 14.2 Å². The number of allylic oxidation sites excluding steroid dienone is 16. The Kier molecular flexibility index (Phi) is 66.7. The molecule has 0 aliphatic carbocycles. The first-order valence-electron chi connectivity index (χ1n) is 35.2. The number of hydrogen-bond donors (Lipinski definition) is 0. The molecule has 0 aromatic heterocycles. The standard InChI is InChI=1S/C76H132O6/c1-4-7-10-13-16-19-22-25-28-31-32-33-34-35-36-37-38-39-40-41-42-43-44-46-48-51-54-57-60-63-66-69-75(78)81-72-73(71-80-74(77)68-65-62-59-56-53-50-47-30-27-24-21-18-15-12-9-6-3)82-76(79)70-67-64-61-58-55-52-49-45-29-26-23-20-17-14-11-8-5-2/h7-8,10-11,16-17,19-20,25-26,28-29,32-33,49,52,73H,4-6,9,12-15,18,21-24,27,30-31,34-48,50-51,53-72H2,1-3H3/b10-7-,11-8-,19-16-,20-17-,28-25-,29-26-,33-32-,52-49-. The topological polar surface area (TPSA) is 78.9 Å². The van der Waals surface area contributed by atoms with E-state index in [-0.39, 0.29) is 31.1 Å². The molecular weight excluding hydrogens is 1010 g/mol. The summed E-state index contributed by atoms with van der Waals surface area (Å²) in [7, 11) is 0. The molecule has 0 rings (SSSR count). The number of carbonyl (C=O) groups excluding carboxylic acids is 3. The van der Waals surface area contributed by atoms with E-state index in [9.17, 15) is 14.4 Å². The summed E-state index contributed by atoms with van der Waals surface area (Å²) >= 11 is 0. The fourth-order valence-corrected chi connectivity index (χ4v) is 10.1. The van der Waals surface area contributed by atoms with Crippen LogP contribution in [0, 0.1) is 0 Å². The fourth-order valence-electron chi connectivity index (χ4n) is 10.1. The maximum absolute atomic E-state index is 12.9. The molecule has 82 heavy (non-hydrogen) atoms. The van der Waals surface area contributed by atoms with E-state index in [2.05, 4.69) is 118 Å². The molecule has 0 aliphatic rings. The van der Waals surface area contributed by atoms with Crippen molar-refractivity contribution < 1.29 is 28.6 Å². The number of unbranched alkanes of at least 4 members (excludes halogenated alkanes) is 37. The summed E-state index contributed by atoms with van der Waals surface area (Å²) < 4.78 is 17.0. The van der Waals surface area contributed by atoms with Crippen molar-refractivity contribution >= 4 is 17.9 Å². The predicted octanol–water partition coefficient (Wildman–Crippen LogP) is 24.4. The third-order valence-electron chi connectivity index (χ3n) is 15.3. The van der Waals surface area contributed by atoms with Crippen LogP contribution in [0.4, 0.5) is 0 Å². The lowest BCUT2D eigenvalue weighted by Crippen LogP contribution is -2.30. The molecule has 0 saturated carbocycles. The lowest BCUT2D eigenvalue weighted by molar-refractivity contribution is -0.167. The molecule has 0 spiro atoms. The van der Waals surface area contributed by atoms with Gasteiger partial charge in [0.15, 0.2) is 6.10 Å². The Bertz CT molecular complexity index is 1590. The molecule has 0 radical (unpaired) electrons. The van der Waals surface area contributed by atoms with Gasteiger partial charge in [0.25, 0.3) is 0 Å². The summed E-state index contributed by atoms with van der Waals surface area (Å²) in [6.07, 6.45) is 94.4. The van der Waals surface area contributed by atoms with Gasteiger partial charge in [0.1, 0.15) is 13.2 Å². The predicted molar refractivity (Wildman–Crippen MR) is 357 cm³/mol. The van der Waals surface area contributed by atoms with Crippen LogP contribution < -0.4 is 0 Å². The monoisotopic (exact) mass is 1140 g/mol. The quantitative estimate of drug-likeness (QED) is 0.0261. The van der Waals surface area contributed by atoms with E-state index in [1.165, 1.54) is 186 Å². The molecule has 0 heterocycles. The van der Waals surface area contributed by atoms with Crippen molar-refractivity contribution in [2.24, 2.45) is 0 Å². The second kappa shape index (κ2) is 69.8. The maximum atomic E-state index is 12.9. The molecular formula is C76H132O6. The molecule has 0 saturated heterocycles. The van der Waals surface area contributed by atoms with Gasteiger partial charge in [0.05, 0.1) is 0 Å². The van der Waals surface area contributed by atoms with E-state index in [1.807, 2.05) is 0 Å². The highest BCUT2D eigenvalue weighted by atomic mass is 16.6. The van der Waals surface area contributed by atoms with Crippen LogP contribution in [-0.4, -0.2) is 37.2 Å². The van der Waals surface area contributed by atoms with Crippen LogP contribution in [0.15, 0.2) is 97.2 Å². The first-order valence-corrected chi connectivity index (χ1v) is 35.2. The summed E-state index contributed by atoms with van der Waals surface area (Å²) in [6.45, 7) is 6.44. The summed E-state index contributed by atoms with van der Waals surface area (Å²) in [5, 5.41) is 0. The van der Waals surface area contributed by atoms with E-state index in [0.29, 0.717) is 19.3 Å². The van der Waals surface area contributed by atoms with Crippen molar-refractivity contribution in [1.29, 1.82) is 0 Å². The first-order chi connectivity index (χ1) is 40.5. The Morgan fingerprint density at radius 3 is 0.744 bits per heavy atom. The molecule has 6 heteroatoms.